The first kappa shape index (κ1) is 44.7. The summed E-state index contributed by atoms with van der Waals surface area (Å²) in [5, 5.41) is 31.5. The molecular weight excluding hydrogens is 851 g/mol. The van der Waals surface area contributed by atoms with Gasteiger partial charge in [0.2, 0.25) is 0 Å². The van der Waals surface area contributed by atoms with Crippen molar-refractivity contribution in [2.45, 2.75) is 52.4 Å². The van der Waals surface area contributed by atoms with Crippen molar-refractivity contribution in [3.63, 3.8) is 0 Å². The van der Waals surface area contributed by atoms with Crippen molar-refractivity contribution in [2.24, 2.45) is 0 Å². The quantitative estimate of drug-likeness (QED) is 0.0607. The smallest absolute Gasteiger partial charge is 0.511 e. The molecule has 8 nitrogen and oxygen atoms in total. The molecule has 0 aliphatic carbocycles. The standard InChI is InChI=1S/2C24H23N2.2C2H4O2.Pd/c2*1-25-15-16-26(17-25)14-3-2-5-18-8-9-21-11-10-19-6-4-7-20-12-13-22(18)24(21)23(19)20;2*1-2(3)4;/h2*4,6-13,15-17H,2-3,5,14H2,1H3;2*1H3,(H,3,4);/q2*-1;;;+2. The molecule has 0 bridgehead atoms. The third-order valence-corrected chi connectivity index (χ3v) is 11.1. The minimum absolute atomic E-state index is 0. The number of unbranched alkanes of at least 4 members (excludes halogenated alkanes) is 2. The summed E-state index contributed by atoms with van der Waals surface area (Å²) < 4.78 is 0. The molecule has 0 spiro atoms. The van der Waals surface area contributed by atoms with Crippen molar-refractivity contribution < 1.29 is 40.2 Å². The Balaban J connectivity index is 0.000000172. The third-order valence-electron chi connectivity index (χ3n) is 11.1. The number of hydrogen-bond acceptors (Lipinski definition) is 6. The normalized spacial score (nSPS) is 13.2. The monoisotopic (exact) mass is 904 g/mol. The van der Waals surface area contributed by atoms with E-state index in [4.69, 9.17) is 19.8 Å². The van der Waals surface area contributed by atoms with Crippen LogP contribution in [0.1, 0.15) is 50.7 Å². The van der Waals surface area contributed by atoms with E-state index in [0.29, 0.717) is 0 Å². The van der Waals surface area contributed by atoms with E-state index in [1.165, 1.54) is 101 Å². The van der Waals surface area contributed by atoms with Crippen LogP contribution in [-0.2, 0) is 42.9 Å². The Morgan fingerprint density at radius 1 is 0.459 bits per heavy atom. The van der Waals surface area contributed by atoms with E-state index >= 15 is 0 Å². The summed E-state index contributed by atoms with van der Waals surface area (Å²) in [7, 11) is 4.14. The molecule has 0 amide bonds. The maximum absolute atomic E-state index is 9.00. The van der Waals surface area contributed by atoms with Gasteiger partial charge in [-0.3, -0.25) is 9.59 Å². The van der Waals surface area contributed by atoms with Crippen LogP contribution in [0, 0.1) is 13.3 Å². The van der Waals surface area contributed by atoms with Gasteiger partial charge in [-0.05, 0) is 166 Å². The molecular formula is C52H54N4O4Pd. The van der Waals surface area contributed by atoms with Gasteiger partial charge >= 0.3 is 20.4 Å². The first-order chi connectivity index (χ1) is 29.0. The number of carbonyl (C=O) groups is 2. The number of aliphatic carboxylic acids is 2. The molecule has 0 aromatic heterocycles. The second-order valence-electron chi connectivity index (χ2n) is 15.7. The van der Waals surface area contributed by atoms with Crippen LogP contribution in [0.25, 0.3) is 64.6 Å². The number of hydrogen-bond donors (Lipinski definition) is 2. The second-order valence-corrected chi connectivity index (χ2v) is 15.7. The molecule has 2 heterocycles. The van der Waals surface area contributed by atoms with Gasteiger partial charge in [0, 0.05) is 13.8 Å². The van der Waals surface area contributed by atoms with Crippen molar-refractivity contribution in [2.75, 3.05) is 27.2 Å². The fourth-order valence-electron chi connectivity index (χ4n) is 8.52. The molecule has 9 heteroatoms. The summed E-state index contributed by atoms with van der Waals surface area (Å²) in [6.45, 7) is 8.64. The molecule has 2 aliphatic heterocycles. The summed E-state index contributed by atoms with van der Waals surface area (Å²) >= 11 is 0. The van der Waals surface area contributed by atoms with Gasteiger partial charge < -0.3 is 29.8 Å². The SMILES string of the molecule is CC(=O)O.CC(=O)O.CN1C=CN(CCCCc2ccc3ccc4cccc5ccc2c3c45)[CH-]1.CN1C=CN(CCCCc2ccc3ccc4cccc5ccc2c3c45)[CH-]1.[Pd+2]. The molecule has 0 saturated heterocycles. The average Bonchev–Trinajstić information content (AvgIpc) is 3.86. The van der Waals surface area contributed by atoms with E-state index in [1.807, 2.05) is 0 Å². The maximum Gasteiger partial charge on any atom is 2.00 e. The zero-order valence-electron chi connectivity index (χ0n) is 35.3. The predicted molar refractivity (Wildman–Crippen MR) is 249 cm³/mol. The van der Waals surface area contributed by atoms with Crippen LogP contribution in [0.3, 0.4) is 0 Å². The summed E-state index contributed by atoms with van der Waals surface area (Å²) in [4.78, 5) is 26.7. The Kier molecular flexibility index (Phi) is 15.1. The number of carboxylic acid groups (broad SMARTS) is 2. The van der Waals surface area contributed by atoms with Crippen molar-refractivity contribution in [3.8, 4) is 0 Å². The van der Waals surface area contributed by atoms with Crippen molar-refractivity contribution in [3.05, 3.63) is 158 Å². The Morgan fingerprint density at radius 3 is 1.10 bits per heavy atom. The van der Waals surface area contributed by atoms with E-state index < -0.39 is 11.9 Å². The number of aryl methyl sites for hydroxylation is 2. The van der Waals surface area contributed by atoms with Crippen LogP contribution in [-0.4, -0.2) is 68.9 Å². The van der Waals surface area contributed by atoms with Gasteiger partial charge in [0.1, 0.15) is 0 Å². The summed E-state index contributed by atoms with van der Waals surface area (Å²) in [6.07, 6.45) is 15.6. The first-order valence-electron chi connectivity index (χ1n) is 20.8. The van der Waals surface area contributed by atoms with Gasteiger partial charge in [-0.1, -0.05) is 109 Å². The second kappa shape index (κ2) is 20.6. The van der Waals surface area contributed by atoms with Crippen molar-refractivity contribution in [1.82, 2.24) is 19.6 Å². The topological polar surface area (TPSA) is 87.6 Å². The molecule has 316 valence electrons. The molecule has 0 unspecified atom stereocenters. The minimum atomic E-state index is -0.833. The number of benzene rings is 8. The van der Waals surface area contributed by atoms with Crippen LogP contribution in [0.4, 0.5) is 0 Å². The molecule has 0 radical (unpaired) electrons. The molecule has 0 saturated carbocycles. The Hall–Kier alpha value is -5.88. The van der Waals surface area contributed by atoms with Gasteiger partial charge in [-0.25, -0.2) is 0 Å². The molecule has 2 aliphatic rings. The van der Waals surface area contributed by atoms with Gasteiger partial charge in [-0.2, -0.15) is 13.3 Å². The molecule has 8 aromatic carbocycles. The third kappa shape index (κ3) is 10.9. The first-order valence-corrected chi connectivity index (χ1v) is 20.8. The fourth-order valence-corrected chi connectivity index (χ4v) is 8.52. The van der Waals surface area contributed by atoms with Gasteiger partial charge in [0.25, 0.3) is 11.9 Å². The molecule has 10 rings (SSSR count). The van der Waals surface area contributed by atoms with E-state index in [2.05, 4.69) is 181 Å². The summed E-state index contributed by atoms with van der Waals surface area (Å²) in [5.41, 5.74) is 2.96. The fraction of sp³-hybridized carbons (Fsp3) is 0.231. The Bertz CT molecular complexity index is 2550. The minimum Gasteiger partial charge on any atom is -0.511 e. The zero-order valence-corrected chi connectivity index (χ0v) is 36.9. The zero-order chi connectivity index (χ0) is 42.2. The van der Waals surface area contributed by atoms with Crippen molar-refractivity contribution in [1.29, 1.82) is 0 Å². The van der Waals surface area contributed by atoms with Crippen LogP contribution in [0.15, 0.2) is 134 Å². The van der Waals surface area contributed by atoms with E-state index in [0.717, 1.165) is 39.8 Å². The summed E-state index contributed by atoms with van der Waals surface area (Å²) in [6, 6.07) is 40.7. The molecule has 8 aromatic rings. The average molecular weight is 905 g/mol. The Labute approximate surface area is 372 Å². The maximum atomic E-state index is 9.00. The summed E-state index contributed by atoms with van der Waals surface area (Å²) in [5.74, 6) is -1.67. The number of carboxylic acids is 2. The van der Waals surface area contributed by atoms with Crippen LogP contribution in [0.2, 0.25) is 0 Å². The molecule has 61 heavy (non-hydrogen) atoms. The molecule has 0 atom stereocenters. The van der Waals surface area contributed by atoms with E-state index in [9.17, 15) is 0 Å². The largest absolute Gasteiger partial charge is 2.00 e. The van der Waals surface area contributed by atoms with Crippen LogP contribution < -0.4 is 0 Å². The predicted octanol–water partition coefficient (Wildman–Crippen LogP) is 11.7. The van der Waals surface area contributed by atoms with Gasteiger partial charge in [-0.15, -0.1) is 0 Å². The van der Waals surface area contributed by atoms with Crippen LogP contribution >= 0.6 is 0 Å². The van der Waals surface area contributed by atoms with Gasteiger partial charge in [0.15, 0.2) is 0 Å². The molecule has 0 fully saturated rings. The Morgan fingerprint density at radius 2 is 0.770 bits per heavy atom. The van der Waals surface area contributed by atoms with E-state index in [-0.39, 0.29) is 20.4 Å². The molecule has 2 N–H and O–H groups in total. The van der Waals surface area contributed by atoms with Crippen molar-refractivity contribution >= 4 is 76.6 Å². The van der Waals surface area contributed by atoms with E-state index in [1.54, 1.807) is 0 Å². The van der Waals surface area contributed by atoms with Crippen LogP contribution in [0.5, 0.6) is 0 Å². The van der Waals surface area contributed by atoms with Gasteiger partial charge in [0.05, 0.1) is 0 Å². The number of rotatable bonds is 10. The number of nitrogens with zero attached hydrogens (tertiary/aromatic N) is 4.